The van der Waals surface area contributed by atoms with Crippen LogP contribution < -0.4 is 0 Å². The first-order valence-electron chi connectivity index (χ1n) is 4.16. The third kappa shape index (κ3) is 5.59. The molecule has 0 aliphatic rings. The number of halogens is 1. The van der Waals surface area contributed by atoms with Crippen molar-refractivity contribution in [2.24, 2.45) is 0 Å². The van der Waals surface area contributed by atoms with E-state index in [0.29, 0.717) is 0 Å². The Morgan fingerprint density at radius 3 is 2.54 bits per heavy atom. The van der Waals surface area contributed by atoms with Gasteiger partial charge in [-0.3, -0.25) is 6.58 Å². The van der Waals surface area contributed by atoms with Crippen molar-refractivity contribution in [2.45, 2.75) is 19.8 Å². The fourth-order valence-corrected chi connectivity index (χ4v) is 1.11. The predicted molar refractivity (Wildman–Crippen MR) is 62.4 cm³/mol. The van der Waals surface area contributed by atoms with Gasteiger partial charge in [-0.05, 0) is 18.1 Å². The molecule has 0 atom stereocenters. The second-order valence-electron chi connectivity index (χ2n) is 2.68. The van der Waals surface area contributed by atoms with E-state index in [0.717, 1.165) is 12.8 Å². The third-order valence-electron chi connectivity index (χ3n) is 1.83. The summed E-state index contributed by atoms with van der Waals surface area (Å²) in [5.74, 6) is 0. The number of hydrogen-bond donors (Lipinski definition) is 0. The van der Waals surface area contributed by atoms with Crippen molar-refractivity contribution in [2.75, 3.05) is 0 Å². The predicted octanol–water partition coefficient (Wildman–Crippen LogP) is 3.80. The van der Waals surface area contributed by atoms with Gasteiger partial charge in [-0.1, -0.05) is 30.7 Å². The summed E-state index contributed by atoms with van der Waals surface area (Å²) in [5.41, 5.74) is 2.77. The molecule has 2 heteroatoms. The summed E-state index contributed by atoms with van der Waals surface area (Å²) in [6.07, 6.45) is 4.91. The molecule has 1 aromatic rings. The minimum atomic E-state index is 0.949. The zero-order valence-electron chi connectivity index (χ0n) is 8.02. The SMILES string of the molecule is C=[C-]CCc1ccccc1C.[Zn+][I]. The van der Waals surface area contributed by atoms with Crippen LogP contribution in [0.1, 0.15) is 17.5 Å². The fraction of sp³-hybridized carbons (Fsp3) is 0.273. The molecule has 0 fully saturated rings. The van der Waals surface area contributed by atoms with E-state index in [2.05, 4.69) is 63.6 Å². The number of allylic oxidation sites excluding steroid dienone is 1. The first-order chi connectivity index (χ1) is 6.34. The molecule has 0 nitrogen and oxygen atoms in total. The van der Waals surface area contributed by atoms with Crippen molar-refractivity contribution < 1.29 is 14.8 Å². The summed E-state index contributed by atoms with van der Waals surface area (Å²) in [4.78, 5) is 0. The van der Waals surface area contributed by atoms with Crippen LogP contribution in [0.3, 0.4) is 0 Å². The molecule has 0 spiro atoms. The third-order valence-corrected chi connectivity index (χ3v) is 1.83. The molecule has 13 heavy (non-hydrogen) atoms. The minimum absolute atomic E-state index is 0.949. The van der Waals surface area contributed by atoms with E-state index in [1.807, 2.05) is 0 Å². The van der Waals surface area contributed by atoms with Crippen LogP contribution in [0.2, 0.25) is 0 Å². The van der Waals surface area contributed by atoms with E-state index in [4.69, 9.17) is 0 Å². The van der Waals surface area contributed by atoms with Crippen LogP contribution in [-0.2, 0) is 21.2 Å². The maximum absolute atomic E-state index is 3.58. The van der Waals surface area contributed by atoms with Crippen molar-refractivity contribution in [3.63, 3.8) is 0 Å². The molecule has 0 N–H and O–H groups in total. The quantitative estimate of drug-likeness (QED) is 0.447. The van der Waals surface area contributed by atoms with Gasteiger partial charge < -0.3 is 6.08 Å². The van der Waals surface area contributed by atoms with Gasteiger partial charge in [0.15, 0.2) is 0 Å². The van der Waals surface area contributed by atoms with Gasteiger partial charge in [0, 0.05) is 0 Å². The van der Waals surface area contributed by atoms with E-state index in [-0.39, 0.29) is 0 Å². The summed E-state index contributed by atoms with van der Waals surface area (Å²) < 4.78 is 0. The van der Waals surface area contributed by atoms with Crippen molar-refractivity contribution >= 4 is 19.8 Å². The second kappa shape index (κ2) is 8.89. The van der Waals surface area contributed by atoms with Gasteiger partial charge in [0.2, 0.25) is 0 Å². The Hall–Kier alpha value is 0.313. The second-order valence-corrected chi connectivity index (χ2v) is 2.68. The van der Waals surface area contributed by atoms with Crippen molar-refractivity contribution in [1.29, 1.82) is 0 Å². The molecule has 1 aromatic carbocycles. The standard InChI is InChI=1S/C11H13.HI.Zn/c1-3-4-8-11-9-6-5-7-10(11)2;;/h5-7,9H,1,4,8H2,2H3;1H;/q-1;;+2/p-1. The van der Waals surface area contributed by atoms with Crippen LogP contribution in [-0.4, -0.2) is 0 Å². The first kappa shape index (κ1) is 13.3. The topological polar surface area (TPSA) is 0 Å². The summed E-state index contributed by atoms with van der Waals surface area (Å²) >= 11 is 3.62. The molecule has 0 aliphatic heterocycles. The molecule has 1 rings (SSSR count). The van der Waals surface area contributed by atoms with Crippen LogP contribution >= 0.6 is 19.8 Å². The summed E-state index contributed by atoms with van der Waals surface area (Å²) in [6, 6.07) is 8.44. The van der Waals surface area contributed by atoms with Gasteiger partial charge in [0.1, 0.15) is 0 Å². The van der Waals surface area contributed by atoms with Crippen molar-refractivity contribution in [3.8, 4) is 0 Å². The number of hydrogen-bond acceptors (Lipinski definition) is 0. The van der Waals surface area contributed by atoms with Crippen molar-refractivity contribution in [1.82, 2.24) is 0 Å². The monoisotopic (exact) mass is 336 g/mol. The maximum atomic E-state index is 3.58. The molecule has 0 radical (unpaired) electrons. The Kier molecular flexibility index (Phi) is 9.11. The Bertz CT molecular complexity index is 246. The molecule has 66 valence electrons. The van der Waals surface area contributed by atoms with Crippen LogP contribution in [0.25, 0.3) is 0 Å². The van der Waals surface area contributed by atoms with E-state index in [9.17, 15) is 0 Å². The number of rotatable bonds is 3. The van der Waals surface area contributed by atoms with Gasteiger partial charge in [-0.2, -0.15) is 6.42 Å². The van der Waals surface area contributed by atoms with Crippen LogP contribution in [0, 0.1) is 13.0 Å². The normalized spacial score (nSPS) is 8.62. The molecular formula is C11H13IZn. The fourth-order valence-electron chi connectivity index (χ4n) is 1.11. The van der Waals surface area contributed by atoms with E-state index in [1.165, 1.54) is 25.9 Å². The molecule has 0 saturated heterocycles. The average molecular weight is 338 g/mol. The number of benzene rings is 1. The molecule has 0 bridgehead atoms. The van der Waals surface area contributed by atoms with E-state index >= 15 is 0 Å². The van der Waals surface area contributed by atoms with E-state index in [1.54, 1.807) is 0 Å². The summed E-state index contributed by atoms with van der Waals surface area (Å²) in [5, 5.41) is 0. The average Bonchev–Trinajstić information content (AvgIpc) is 2.20. The molecule has 0 heterocycles. The first-order valence-corrected chi connectivity index (χ1v) is 13.2. The zero-order valence-corrected chi connectivity index (χ0v) is 13.1. The number of aryl methyl sites for hydroxylation is 2. The van der Waals surface area contributed by atoms with E-state index < -0.39 is 0 Å². The van der Waals surface area contributed by atoms with Gasteiger partial charge >= 0.3 is 34.5 Å². The molecule has 0 aromatic heterocycles. The molecule has 0 aliphatic carbocycles. The van der Waals surface area contributed by atoms with Crippen LogP contribution in [0.5, 0.6) is 0 Å². The molecular weight excluding hydrogens is 324 g/mol. The van der Waals surface area contributed by atoms with Gasteiger partial charge in [-0.15, -0.1) is 0 Å². The Balaban J connectivity index is 0.000000671. The van der Waals surface area contributed by atoms with Crippen LogP contribution in [0.15, 0.2) is 30.8 Å². The Morgan fingerprint density at radius 1 is 1.38 bits per heavy atom. The van der Waals surface area contributed by atoms with Crippen molar-refractivity contribution in [3.05, 3.63) is 48.0 Å². The molecule has 0 amide bonds. The van der Waals surface area contributed by atoms with Gasteiger partial charge in [-0.25, -0.2) is 0 Å². The van der Waals surface area contributed by atoms with Gasteiger partial charge in [0.05, 0.1) is 0 Å². The van der Waals surface area contributed by atoms with Gasteiger partial charge in [0.25, 0.3) is 0 Å². The Morgan fingerprint density at radius 2 is 2.00 bits per heavy atom. The summed E-state index contributed by atoms with van der Waals surface area (Å²) in [6.45, 7) is 5.72. The molecule has 0 unspecified atom stereocenters. The molecule has 0 saturated carbocycles. The zero-order chi connectivity index (χ0) is 10.1. The van der Waals surface area contributed by atoms with Crippen LogP contribution in [0.4, 0.5) is 0 Å². The summed E-state index contributed by atoms with van der Waals surface area (Å²) in [7, 11) is 0. The Labute approximate surface area is 102 Å².